The number of hydrogen-bond donors (Lipinski definition) is 1. The molecule has 2 aromatic heterocycles. The summed E-state index contributed by atoms with van der Waals surface area (Å²) in [5.41, 5.74) is 4.34. The molecule has 0 saturated heterocycles. The molecule has 0 radical (unpaired) electrons. The summed E-state index contributed by atoms with van der Waals surface area (Å²) in [6.07, 6.45) is 0.379. The van der Waals surface area contributed by atoms with Crippen molar-refractivity contribution in [3.05, 3.63) is 69.8 Å². The smallest absolute Gasteiger partial charge is 0.325 e. The number of oxazole rings is 1. The SMILES string of the molecule is Cc1nn(-c2nc3ccccc3o2)c2c1[C@@H](c1cccc(Br)c1)CC(=O)N2. The quantitative estimate of drug-likeness (QED) is 0.513. The van der Waals surface area contributed by atoms with E-state index in [0.717, 1.165) is 26.8 Å². The molecule has 0 fully saturated rings. The number of nitrogens with zero attached hydrogens (tertiary/aromatic N) is 3. The number of fused-ring (bicyclic) bond motifs is 2. The van der Waals surface area contributed by atoms with Crippen LogP contribution in [0.25, 0.3) is 17.1 Å². The molecule has 1 atom stereocenters. The van der Waals surface area contributed by atoms with Gasteiger partial charge in [0, 0.05) is 22.4 Å². The Morgan fingerprint density at radius 1 is 1.22 bits per heavy atom. The lowest BCUT2D eigenvalue weighted by molar-refractivity contribution is -0.116. The molecule has 6 nitrogen and oxygen atoms in total. The number of anilines is 1. The van der Waals surface area contributed by atoms with Gasteiger partial charge in [-0.3, -0.25) is 4.79 Å². The lowest BCUT2D eigenvalue weighted by Crippen LogP contribution is -2.25. The minimum atomic E-state index is -0.0654. The van der Waals surface area contributed by atoms with Crippen LogP contribution < -0.4 is 5.32 Å². The van der Waals surface area contributed by atoms with Crippen LogP contribution in [0.3, 0.4) is 0 Å². The van der Waals surface area contributed by atoms with Gasteiger partial charge < -0.3 is 9.73 Å². The number of carbonyl (C=O) groups is 1. The molecule has 0 spiro atoms. The number of halogens is 1. The third-order valence-corrected chi connectivity index (χ3v) is 5.31. The zero-order chi connectivity index (χ0) is 18.5. The maximum Gasteiger partial charge on any atom is 0.325 e. The molecule has 7 heteroatoms. The number of para-hydroxylation sites is 2. The van der Waals surface area contributed by atoms with Crippen LogP contribution in [0.2, 0.25) is 0 Å². The van der Waals surface area contributed by atoms with Crippen molar-refractivity contribution >= 4 is 38.8 Å². The lowest BCUT2D eigenvalue weighted by Gasteiger charge is -2.24. The highest BCUT2D eigenvalue weighted by molar-refractivity contribution is 9.10. The van der Waals surface area contributed by atoms with Gasteiger partial charge in [0.1, 0.15) is 11.3 Å². The second kappa shape index (κ2) is 6.06. The number of aromatic nitrogens is 3. The first-order valence-electron chi connectivity index (χ1n) is 8.61. The third kappa shape index (κ3) is 2.66. The summed E-state index contributed by atoms with van der Waals surface area (Å²) in [5, 5.41) is 7.58. The van der Waals surface area contributed by atoms with E-state index in [1.165, 1.54) is 0 Å². The highest BCUT2D eigenvalue weighted by atomic mass is 79.9. The Morgan fingerprint density at radius 2 is 2.07 bits per heavy atom. The molecule has 1 aliphatic rings. The van der Waals surface area contributed by atoms with Crippen LogP contribution >= 0.6 is 15.9 Å². The van der Waals surface area contributed by atoms with E-state index in [2.05, 4.69) is 31.3 Å². The van der Waals surface area contributed by atoms with Crippen LogP contribution in [-0.2, 0) is 4.79 Å². The number of aryl methyl sites for hydroxylation is 1. The number of amides is 1. The standard InChI is InChI=1S/C20H15BrN4O2/c1-11-18-14(12-5-4-6-13(21)9-12)10-17(26)23-19(18)25(24-11)20-22-15-7-2-3-8-16(15)27-20/h2-9,14H,10H2,1H3,(H,23,26)/t14-/m1/s1. The monoisotopic (exact) mass is 422 g/mol. The molecule has 0 aliphatic carbocycles. The minimum absolute atomic E-state index is 0.0512. The van der Waals surface area contributed by atoms with Gasteiger partial charge in [-0.05, 0) is 36.8 Å². The van der Waals surface area contributed by atoms with E-state index in [4.69, 9.17) is 4.42 Å². The first-order chi connectivity index (χ1) is 13.1. The molecule has 4 aromatic rings. The molecule has 1 amide bonds. The van der Waals surface area contributed by atoms with Crippen molar-refractivity contribution in [1.82, 2.24) is 14.8 Å². The summed E-state index contributed by atoms with van der Waals surface area (Å²) in [5.74, 6) is 0.509. The van der Waals surface area contributed by atoms with Gasteiger partial charge in [0.25, 0.3) is 0 Å². The normalized spacial score (nSPS) is 16.4. The van der Waals surface area contributed by atoms with Crippen molar-refractivity contribution in [2.75, 3.05) is 5.32 Å². The minimum Gasteiger partial charge on any atom is -0.422 e. The zero-order valence-electron chi connectivity index (χ0n) is 14.4. The maximum absolute atomic E-state index is 12.4. The zero-order valence-corrected chi connectivity index (χ0v) is 16.0. The summed E-state index contributed by atoms with van der Waals surface area (Å²) >= 11 is 3.52. The summed E-state index contributed by atoms with van der Waals surface area (Å²) in [6, 6.07) is 15.9. The van der Waals surface area contributed by atoms with Crippen LogP contribution in [0.15, 0.2) is 57.4 Å². The summed E-state index contributed by atoms with van der Waals surface area (Å²) in [7, 11) is 0. The highest BCUT2D eigenvalue weighted by Crippen LogP contribution is 2.40. The Morgan fingerprint density at radius 3 is 2.89 bits per heavy atom. The van der Waals surface area contributed by atoms with Gasteiger partial charge in [-0.25, -0.2) is 0 Å². The van der Waals surface area contributed by atoms with Crippen LogP contribution in [0, 0.1) is 6.92 Å². The van der Waals surface area contributed by atoms with Crippen LogP contribution in [0.5, 0.6) is 0 Å². The van der Waals surface area contributed by atoms with Crippen molar-refractivity contribution in [3.63, 3.8) is 0 Å². The number of benzene rings is 2. The van der Waals surface area contributed by atoms with E-state index >= 15 is 0 Å². The van der Waals surface area contributed by atoms with Crippen molar-refractivity contribution < 1.29 is 9.21 Å². The third-order valence-electron chi connectivity index (χ3n) is 4.82. The topological polar surface area (TPSA) is 73.0 Å². The van der Waals surface area contributed by atoms with Gasteiger partial charge in [0.15, 0.2) is 5.58 Å². The van der Waals surface area contributed by atoms with Gasteiger partial charge in [0.2, 0.25) is 5.91 Å². The van der Waals surface area contributed by atoms with Gasteiger partial charge in [-0.2, -0.15) is 14.8 Å². The Hall–Kier alpha value is -2.93. The van der Waals surface area contributed by atoms with Gasteiger partial charge in [-0.1, -0.05) is 40.2 Å². The number of hydrogen-bond acceptors (Lipinski definition) is 4. The predicted octanol–water partition coefficient (Wildman–Crippen LogP) is 4.56. The number of rotatable bonds is 2. The lowest BCUT2D eigenvalue weighted by atomic mass is 9.86. The molecule has 0 saturated carbocycles. The Bertz CT molecular complexity index is 1160. The molecular weight excluding hydrogens is 408 g/mol. The number of nitrogens with one attached hydrogen (secondary N) is 1. The second-order valence-electron chi connectivity index (χ2n) is 6.58. The summed E-state index contributed by atoms with van der Waals surface area (Å²) in [4.78, 5) is 17.0. The maximum atomic E-state index is 12.4. The van der Waals surface area contributed by atoms with Crippen molar-refractivity contribution in [2.45, 2.75) is 19.3 Å². The van der Waals surface area contributed by atoms with Crippen molar-refractivity contribution in [3.8, 4) is 6.01 Å². The summed E-state index contributed by atoms with van der Waals surface area (Å²) < 4.78 is 8.43. The Labute approximate surface area is 163 Å². The second-order valence-corrected chi connectivity index (χ2v) is 7.50. The fraction of sp³-hybridized carbons (Fsp3) is 0.150. The van der Waals surface area contributed by atoms with Gasteiger partial charge in [-0.15, -0.1) is 0 Å². The number of carbonyl (C=O) groups excluding carboxylic acids is 1. The van der Waals surface area contributed by atoms with Crippen LogP contribution in [0.4, 0.5) is 5.82 Å². The molecule has 0 unspecified atom stereocenters. The molecule has 3 heterocycles. The average Bonchev–Trinajstić information content (AvgIpc) is 3.22. The highest BCUT2D eigenvalue weighted by Gasteiger charge is 2.33. The van der Waals surface area contributed by atoms with Crippen molar-refractivity contribution in [2.24, 2.45) is 0 Å². The summed E-state index contributed by atoms with van der Waals surface area (Å²) in [6.45, 7) is 1.94. The van der Waals surface area contributed by atoms with Gasteiger partial charge >= 0.3 is 6.01 Å². The van der Waals surface area contributed by atoms with Gasteiger partial charge in [0.05, 0.1) is 5.69 Å². The molecule has 1 aliphatic heterocycles. The fourth-order valence-corrected chi connectivity index (χ4v) is 4.06. The molecule has 134 valence electrons. The Kier molecular flexibility index (Phi) is 3.65. The molecular formula is C20H15BrN4O2. The van der Waals surface area contributed by atoms with Crippen LogP contribution in [0.1, 0.15) is 29.2 Å². The van der Waals surface area contributed by atoms with Crippen LogP contribution in [-0.4, -0.2) is 20.7 Å². The van der Waals surface area contributed by atoms with E-state index < -0.39 is 0 Å². The molecule has 2 aromatic carbocycles. The first kappa shape index (κ1) is 16.3. The molecule has 1 N–H and O–H groups in total. The molecule has 5 rings (SSSR count). The fourth-order valence-electron chi connectivity index (χ4n) is 3.64. The molecule has 0 bridgehead atoms. The largest absolute Gasteiger partial charge is 0.422 e. The van der Waals surface area contributed by atoms with Crippen molar-refractivity contribution in [1.29, 1.82) is 0 Å². The average molecular weight is 423 g/mol. The van der Waals surface area contributed by atoms with E-state index in [9.17, 15) is 4.79 Å². The van der Waals surface area contributed by atoms with E-state index in [1.807, 2.05) is 55.5 Å². The Balaban J connectivity index is 1.69. The first-order valence-corrected chi connectivity index (χ1v) is 9.40. The molecule has 27 heavy (non-hydrogen) atoms. The van der Waals surface area contributed by atoms with E-state index in [0.29, 0.717) is 23.8 Å². The predicted molar refractivity (Wildman–Crippen MR) is 105 cm³/mol. The van der Waals surface area contributed by atoms with E-state index in [-0.39, 0.29) is 11.8 Å². The van der Waals surface area contributed by atoms with E-state index in [1.54, 1.807) is 4.68 Å².